The molecule has 0 spiro atoms. The van der Waals surface area contributed by atoms with Crippen molar-refractivity contribution in [3.63, 3.8) is 0 Å². The molecule has 2 amide bonds. The number of piperazine rings is 1. The van der Waals surface area contributed by atoms with Crippen LogP contribution in [0.2, 0.25) is 0 Å². The van der Waals surface area contributed by atoms with Crippen LogP contribution in [-0.2, 0) is 0 Å². The quantitative estimate of drug-likeness (QED) is 0.854. The second kappa shape index (κ2) is 8.51. The molecule has 29 heavy (non-hydrogen) atoms. The average Bonchev–Trinajstić information content (AvgIpc) is 2.74. The molecule has 0 saturated carbocycles. The molecular weight excluding hydrogens is 370 g/mol. The van der Waals surface area contributed by atoms with Gasteiger partial charge in [-0.3, -0.25) is 0 Å². The van der Waals surface area contributed by atoms with E-state index >= 15 is 0 Å². The van der Waals surface area contributed by atoms with Crippen molar-refractivity contribution in [2.24, 2.45) is 0 Å². The highest BCUT2D eigenvalue weighted by Crippen LogP contribution is 2.34. The molecule has 0 atom stereocenters. The zero-order valence-electron chi connectivity index (χ0n) is 16.9. The number of carbonyl (C=O) groups is 1. The number of nitrogens with one attached hydrogen (secondary N) is 1. The smallest absolute Gasteiger partial charge is 0.322 e. The predicted octanol–water partition coefficient (Wildman–Crippen LogP) is 3.60. The number of hydrogen-bond acceptors (Lipinski definition) is 5. The number of nitrogens with zero attached hydrogens (tertiary/aromatic N) is 2. The molecule has 2 heterocycles. The number of para-hydroxylation sites is 2. The minimum absolute atomic E-state index is 0.0441. The topological polar surface area (TPSA) is 63.3 Å². The van der Waals surface area contributed by atoms with Gasteiger partial charge in [0.25, 0.3) is 0 Å². The van der Waals surface area contributed by atoms with Gasteiger partial charge in [0.05, 0.1) is 11.8 Å². The summed E-state index contributed by atoms with van der Waals surface area (Å²) in [6.45, 7) is 7.92. The number of rotatable bonds is 4. The van der Waals surface area contributed by atoms with E-state index in [0.717, 1.165) is 30.3 Å². The first-order valence-corrected chi connectivity index (χ1v) is 10.1. The summed E-state index contributed by atoms with van der Waals surface area (Å²) in [5, 5.41) is 2.99. The van der Waals surface area contributed by atoms with Crippen LogP contribution in [0, 0.1) is 0 Å². The first-order chi connectivity index (χ1) is 14.1. The lowest BCUT2D eigenvalue weighted by atomic mass is 10.2. The molecule has 2 aromatic rings. The van der Waals surface area contributed by atoms with Gasteiger partial charge in [0.1, 0.15) is 19.0 Å². The molecule has 1 fully saturated rings. The molecule has 1 N–H and O–H groups in total. The van der Waals surface area contributed by atoms with Gasteiger partial charge in [0.15, 0.2) is 11.5 Å². The fourth-order valence-electron chi connectivity index (χ4n) is 3.52. The van der Waals surface area contributed by atoms with Crippen LogP contribution in [0.1, 0.15) is 13.8 Å². The van der Waals surface area contributed by atoms with E-state index in [1.807, 2.05) is 61.2 Å². The Morgan fingerprint density at radius 1 is 1.00 bits per heavy atom. The molecule has 0 bridgehead atoms. The summed E-state index contributed by atoms with van der Waals surface area (Å²) < 4.78 is 17.1. The van der Waals surface area contributed by atoms with Gasteiger partial charge in [-0.25, -0.2) is 4.79 Å². The first-order valence-electron chi connectivity index (χ1n) is 10.1. The number of ether oxygens (including phenoxy) is 3. The van der Waals surface area contributed by atoms with Gasteiger partial charge in [-0.2, -0.15) is 0 Å². The van der Waals surface area contributed by atoms with E-state index in [2.05, 4.69) is 10.2 Å². The Hall–Kier alpha value is -3.09. The monoisotopic (exact) mass is 397 g/mol. The van der Waals surface area contributed by atoms with Crippen molar-refractivity contribution in [1.29, 1.82) is 0 Å². The summed E-state index contributed by atoms with van der Waals surface area (Å²) in [6, 6.07) is 13.4. The zero-order valence-corrected chi connectivity index (χ0v) is 16.9. The lowest BCUT2D eigenvalue weighted by Gasteiger charge is -2.36. The Bertz CT molecular complexity index is 863. The number of benzene rings is 2. The fraction of sp³-hybridized carbons (Fsp3) is 0.409. The molecule has 154 valence electrons. The summed E-state index contributed by atoms with van der Waals surface area (Å²) in [5.74, 6) is 2.27. The number of hydrogen-bond donors (Lipinski definition) is 1. The first kappa shape index (κ1) is 19.2. The summed E-state index contributed by atoms with van der Waals surface area (Å²) >= 11 is 0. The number of anilines is 2. The lowest BCUT2D eigenvalue weighted by Crippen LogP contribution is -2.50. The molecule has 7 heteroatoms. The van der Waals surface area contributed by atoms with E-state index in [0.29, 0.717) is 37.7 Å². The third kappa shape index (κ3) is 4.50. The highest BCUT2D eigenvalue weighted by atomic mass is 16.6. The maximum Gasteiger partial charge on any atom is 0.322 e. The Balaban J connectivity index is 1.36. The van der Waals surface area contributed by atoms with E-state index in [9.17, 15) is 4.79 Å². The third-order valence-electron chi connectivity index (χ3n) is 4.95. The third-order valence-corrected chi connectivity index (χ3v) is 4.95. The normalized spacial score (nSPS) is 16.0. The van der Waals surface area contributed by atoms with Crippen molar-refractivity contribution in [2.45, 2.75) is 20.0 Å². The van der Waals surface area contributed by atoms with Crippen molar-refractivity contribution in [2.75, 3.05) is 49.6 Å². The van der Waals surface area contributed by atoms with Gasteiger partial charge in [-0.05, 0) is 38.1 Å². The Labute approximate surface area is 171 Å². The Morgan fingerprint density at radius 3 is 2.48 bits per heavy atom. The molecule has 0 aliphatic carbocycles. The molecule has 1 saturated heterocycles. The van der Waals surface area contributed by atoms with Crippen molar-refractivity contribution in [1.82, 2.24) is 4.90 Å². The van der Waals surface area contributed by atoms with Crippen LogP contribution in [0.3, 0.4) is 0 Å². The molecule has 0 unspecified atom stereocenters. The van der Waals surface area contributed by atoms with Gasteiger partial charge in [-0.15, -0.1) is 0 Å². The summed E-state index contributed by atoms with van der Waals surface area (Å²) in [6.07, 6.45) is 0.0441. The largest absolute Gasteiger partial charge is 0.489 e. The maximum absolute atomic E-state index is 12.7. The standard InChI is InChI=1S/C22H27N3O4/c1-16(2)29-19-6-4-3-5-18(19)23-22(26)25-11-9-24(10-12-25)17-7-8-20-21(15-17)28-14-13-27-20/h3-8,15-16H,9-14H2,1-2H3,(H,23,26). The fourth-order valence-corrected chi connectivity index (χ4v) is 3.52. The molecular formula is C22H27N3O4. The number of carbonyl (C=O) groups excluding carboxylic acids is 1. The second-order valence-electron chi connectivity index (χ2n) is 7.39. The van der Waals surface area contributed by atoms with Crippen molar-refractivity contribution in [3.8, 4) is 17.2 Å². The van der Waals surface area contributed by atoms with Gasteiger partial charge < -0.3 is 29.3 Å². The molecule has 4 rings (SSSR count). The molecule has 2 aliphatic heterocycles. The van der Waals surface area contributed by atoms with Crippen molar-refractivity contribution < 1.29 is 19.0 Å². The summed E-state index contributed by atoms with van der Waals surface area (Å²) in [4.78, 5) is 16.8. The van der Waals surface area contributed by atoms with Gasteiger partial charge >= 0.3 is 6.03 Å². The summed E-state index contributed by atoms with van der Waals surface area (Å²) in [7, 11) is 0. The number of fused-ring (bicyclic) bond motifs is 1. The number of amides is 2. The maximum atomic E-state index is 12.7. The van der Waals surface area contributed by atoms with Gasteiger partial charge in [-0.1, -0.05) is 12.1 Å². The van der Waals surface area contributed by atoms with E-state index < -0.39 is 0 Å². The van der Waals surface area contributed by atoms with Crippen LogP contribution in [-0.4, -0.2) is 56.4 Å². The lowest BCUT2D eigenvalue weighted by molar-refractivity contribution is 0.171. The minimum Gasteiger partial charge on any atom is -0.489 e. The molecule has 2 aliphatic rings. The molecule has 2 aromatic carbocycles. The van der Waals surface area contributed by atoms with E-state index in [1.165, 1.54) is 0 Å². The zero-order chi connectivity index (χ0) is 20.2. The van der Waals surface area contributed by atoms with Crippen LogP contribution < -0.4 is 24.4 Å². The van der Waals surface area contributed by atoms with Crippen LogP contribution in [0.4, 0.5) is 16.2 Å². The van der Waals surface area contributed by atoms with Crippen molar-refractivity contribution in [3.05, 3.63) is 42.5 Å². The number of urea groups is 1. The van der Waals surface area contributed by atoms with Gasteiger partial charge in [0, 0.05) is 37.9 Å². The Kier molecular flexibility index (Phi) is 5.64. The van der Waals surface area contributed by atoms with E-state index in [4.69, 9.17) is 14.2 Å². The van der Waals surface area contributed by atoms with Crippen LogP contribution in [0.25, 0.3) is 0 Å². The van der Waals surface area contributed by atoms with Crippen LogP contribution >= 0.6 is 0 Å². The Morgan fingerprint density at radius 2 is 1.72 bits per heavy atom. The van der Waals surface area contributed by atoms with E-state index in [-0.39, 0.29) is 12.1 Å². The summed E-state index contributed by atoms with van der Waals surface area (Å²) in [5.41, 5.74) is 1.78. The average molecular weight is 397 g/mol. The molecule has 0 aromatic heterocycles. The highest BCUT2D eigenvalue weighted by molar-refractivity contribution is 5.91. The SMILES string of the molecule is CC(C)Oc1ccccc1NC(=O)N1CCN(c2ccc3c(c2)OCCO3)CC1. The van der Waals surface area contributed by atoms with E-state index in [1.54, 1.807) is 0 Å². The highest BCUT2D eigenvalue weighted by Gasteiger charge is 2.23. The van der Waals surface area contributed by atoms with Crippen molar-refractivity contribution >= 4 is 17.4 Å². The molecule has 7 nitrogen and oxygen atoms in total. The van der Waals surface area contributed by atoms with Crippen LogP contribution in [0.5, 0.6) is 17.2 Å². The van der Waals surface area contributed by atoms with Gasteiger partial charge in [0.2, 0.25) is 0 Å². The van der Waals surface area contributed by atoms with Crippen LogP contribution in [0.15, 0.2) is 42.5 Å². The molecule has 0 radical (unpaired) electrons. The second-order valence-corrected chi connectivity index (χ2v) is 7.39. The predicted molar refractivity (Wildman–Crippen MR) is 112 cm³/mol. The minimum atomic E-state index is -0.105.